The van der Waals surface area contributed by atoms with Gasteiger partial charge in [-0.15, -0.1) is 0 Å². The summed E-state index contributed by atoms with van der Waals surface area (Å²) in [6, 6.07) is 1.64. The van der Waals surface area contributed by atoms with Crippen LogP contribution in [0.2, 0.25) is 0 Å². The number of hydrogen-bond donors (Lipinski definition) is 3. The number of carbonyl (C=O) groups excluding carboxylic acids is 1. The van der Waals surface area contributed by atoms with Crippen LogP contribution >= 0.6 is 0 Å². The number of amides is 2. The van der Waals surface area contributed by atoms with E-state index in [1.165, 1.54) is 0 Å². The molecule has 21 heavy (non-hydrogen) atoms. The first kappa shape index (κ1) is 17.5. The number of aliphatic hydroxyl groups is 1. The van der Waals surface area contributed by atoms with Gasteiger partial charge in [-0.25, -0.2) is 9.48 Å². The van der Waals surface area contributed by atoms with Gasteiger partial charge in [0, 0.05) is 24.1 Å². The standard InChI is InChI=1S/C15H28N4O2/c1-10(2)13(20)15(5,6)9-16-14(21)18-12-7-8-17-19(12)11(3)4/h7-8,10-11,13,20H,9H2,1-6H3,(H2,16,18,21). The molecule has 120 valence electrons. The molecule has 0 saturated carbocycles. The largest absolute Gasteiger partial charge is 0.392 e. The van der Waals surface area contributed by atoms with Gasteiger partial charge in [-0.05, 0) is 19.8 Å². The summed E-state index contributed by atoms with van der Waals surface area (Å²) in [6.07, 6.45) is 1.18. The molecule has 1 unspecified atom stereocenters. The van der Waals surface area contributed by atoms with E-state index in [1.54, 1.807) is 16.9 Å². The van der Waals surface area contributed by atoms with Gasteiger partial charge in [-0.1, -0.05) is 27.7 Å². The molecule has 1 heterocycles. The van der Waals surface area contributed by atoms with Crippen molar-refractivity contribution in [2.75, 3.05) is 11.9 Å². The quantitative estimate of drug-likeness (QED) is 0.755. The third-order valence-corrected chi connectivity index (χ3v) is 3.54. The van der Waals surface area contributed by atoms with E-state index in [0.717, 1.165) is 0 Å². The second-order valence-electron chi connectivity index (χ2n) is 6.74. The Bertz CT molecular complexity index is 466. The molecule has 6 nitrogen and oxygen atoms in total. The van der Waals surface area contributed by atoms with E-state index in [-0.39, 0.29) is 23.4 Å². The number of urea groups is 1. The van der Waals surface area contributed by atoms with Crippen molar-refractivity contribution < 1.29 is 9.90 Å². The molecule has 0 aromatic carbocycles. The molecule has 0 spiro atoms. The van der Waals surface area contributed by atoms with Crippen LogP contribution in [0, 0.1) is 11.3 Å². The van der Waals surface area contributed by atoms with E-state index in [0.29, 0.717) is 12.4 Å². The minimum absolute atomic E-state index is 0.146. The summed E-state index contributed by atoms with van der Waals surface area (Å²) in [5.74, 6) is 0.803. The highest BCUT2D eigenvalue weighted by Gasteiger charge is 2.30. The Balaban J connectivity index is 2.57. The fraction of sp³-hybridized carbons (Fsp3) is 0.733. The summed E-state index contributed by atoms with van der Waals surface area (Å²) in [5.41, 5.74) is -0.385. The molecule has 2 amide bonds. The molecule has 1 aromatic heterocycles. The van der Waals surface area contributed by atoms with Crippen molar-refractivity contribution in [2.24, 2.45) is 11.3 Å². The number of anilines is 1. The molecule has 0 fully saturated rings. The second kappa shape index (κ2) is 6.93. The molecular formula is C15H28N4O2. The number of nitrogens with zero attached hydrogens (tertiary/aromatic N) is 2. The topological polar surface area (TPSA) is 79.2 Å². The SMILES string of the molecule is CC(C)C(O)C(C)(C)CNC(=O)Nc1ccnn1C(C)C. The van der Waals surface area contributed by atoms with Crippen LogP contribution in [-0.2, 0) is 0 Å². The molecule has 1 rings (SSSR count). The maximum atomic E-state index is 12.0. The number of carbonyl (C=O) groups is 1. The Morgan fingerprint density at radius 3 is 2.52 bits per heavy atom. The summed E-state index contributed by atoms with van der Waals surface area (Å²) >= 11 is 0. The minimum Gasteiger partial charge on any atom is -0.392 e. The van der Waals surface area contributed by atoms with E-state index < -0.39 is 6.10 Å². The maximum absolute atomic E-state index is 12.0. The first-order valence-corrected chi connectivity index (χ1v) is 7.41. The summed E-state index contributed by atoms with van der Waals surface area (Å²) in [6.45, 7) is 12.2. The lowest BCUT2D eigenvalue weighted by molar-refractivity contribution is 0.0154. The van der Waals surface area contributed by atoms with E-state index >= 15 is 0 Å². The zero-order valence-corrected chi connectivity index (χ0v) is 13.8. The number of aromatic nitrogens is 2. The van der Waals surface area contributed by atoms with Crippen molar-refractivity contribution in [1.82, 2.24) is 15.1 Å². The van der Waals surface area contributed by atoms with Crippen molar-refractivity contribution in [2.45, 2.75) is 53.7 Å². The van der Waals surface area contributed by atoms with Gasteiger partial charge in [-0.3, -0.25) is 5.32 Å². The zero-order valence-electron chi connectivity index (χ0n) is 13.8. The molecule has 0 saturated heterocycles. The Labute approximate surface area is 126 Å². The summed E-state index contributed by atoms with van der Waals surface area (Å²) in [5, 5.41) is 19.9. The first-order valence-electron chi connectivity index (χ1n) is 7.41. The minimum atomic E-state index is -0.473. The molecule has 3 N–H and O–H groups in total. The van der Waals surface area contributed by atoms with Gasteiger partial charge in [0.2, 0.25) is 0 Å². The smallest absolute Gasteiger partial charge is 0.320 e. The number of rotatable bonds is 6. The van der Waals surface area contributed by atoms with Crippen LogP contribution in [0.1, 0.15) is 47.6 Å². The van der Waals surface area contributed by atoms with Gasteiger partial charge in [0.1, 0.15) is 5.82 Å². The predicted molar refractivity (Wildman–Crippen MR) is 84.3 cm³/mol. The maximum Gasteiger partial charge on any atom is 0.320 e. The highest BCUT2D eigenvalue weighted by molar-refractivity contribution is 5.88. The number of hydrogen-bond acceptors (Lipinski definition) is 3. The highest BCUT2D eigenvalue weighted by Crippen LogP contribution is 2.25. The molecule has 0 aliphatic heterocycles. The lowest BCUT2D eigenvalue weighted by Gasteiger charge is -2.33. The van der Waals surface area contributed by atoms with Gasteiger partial charge < -0.3 is 10.4 Å². The Morgan fingerprint density at radius 1 is 1.38 bits per heavy atom. The van der Waals surface area contributed by atoms with E-state index in [9.17, 15) is 9.90 Å². The van der Waals surface area contributed by atoms with E-state index in [4.69, 9.17) is 0 Å². The van der Waals surface area contributed by atoms with Crippen LogP contribution < -0.4 is 10.6 Å². The van der Waals surface area contributed by atoms with Crippen molar-refractivity contribution >= 4 is 11.8 Å². The van der Waals surface area contributed by atoms with Crippen LogP contribution in [0.15, 0.2) is 12.3 Å². The fourth-order valence-corrected chi connectivity index (χ4v) is 2.30. The summed E-state index contributed by atoms with van der Waals surface area (Å²) < 4.78 is 1.74. The fourth-order valence-electron chi connectivity index (χ4n) is 2.30. The highest BCUT2D eigenvalue weighted by atomic mass is 16.3. The Morgan fingerprint density at radius 2 is 2.00 bits per heavy atom. The zero-order chi connectivity index (χ0) is 16.2. The summed E-state index contributed by atoms with van der Waals surface area (Å²) in [4.78, 5) is 12.0. The molecule has 0 bridgehead atoms. The molecule has 6 heteroatoms. The first-order chi connectivity index (χ1) is 9.65. The molecule has 1 atom stereocenters. The van der Waals surface area contributed by atoms with Crippen LogP contribution in [-0.4, -0.2) is 33.6 Å². The van der Waals surface area contributed by atoms with Gasteiger partial charge in [-0.2, -0.15) is 5.10 Å². The van der Waals surface area contributed by atoms with E-state index in [1.807, 2.05) is 41.5 Å². The Hall–Kier alpha value is -1.56. The third kappa shape index (κ3) is 4.74. The average molecular weight is 296 g/mol. The van der Waals surface area contributed by atoms with Gasteiger partial charge in [0.25, 0.3) is 0 Å². The molecular weight excluding hydrogens is 268 g/mol. The summed E-state index contributed by atoms with van der Waals surface area (Å²) in [7, 11) is 0. The number of nitrogens with one attached hydrogen (secondary N) is 2. The van der Waals surface area contributed by atoms with Gasteiger partial charge >= 0.3 is 6.03 Å². The number of aliphatic hydroxyl groups excluding tert-OH is 1. The van der Waals surface area contributed by atoms with Crippen molar-refractivity contribution in [3.8, 4) is 0 Å². The Kier molecular flexibility index (Phi) is 5.78. The molecule has 0 aliphatic rings. The second-order valence-corrected chi connectivity index (χ2v) is 6.74. The van der Waals surface area contributed by atoms with Crippen molar-refractivity contribution in [3.63, 3.8) is 0 Å². The van der Waals surface area contributed by atoms with Gasteiger partial charge in [0.05, 0.1) is 12.3 Å². The van der Waals surface area contributed by atoms with Crippen LogP contribution in [0.4, 0.5) is 10.6 Å². The van der Waals surface area contributed by atoms with Crippen LogP contribution in [0.25, 0.3) is 0 Å². The van der Waals surface area contributed by atoms with Crippen molar-refractivity contribution in [1.29, 1.82) is 0 Å². The lowest BCUT2D eigenvalue weighted by Crippen LogP contribution is -2.44. The van der Waals surface area contributed by atoms with Crippen LogP contribution in [0.3, 0.4) is 0 Å². The predicted octanol–water partition coefficient (Wildman–Crippen LogP) is 2.63. The molecule has 0 aliphatic carbocycles. The van der Waals surface area contributed by atoms with Crippen molar-refractivity contribution in [3.05, 3.63) is 12.3 Å². The van der Waals surface area contributed by atoms with E-state index in [2.05, 4.69) is 15.7 Å². The third-order valence-electron chi connectivity index (χ3n) is 3.54. The molecule has 1 aromatic rings. The van der Waals surface area contributed by atoms with Gasteiger partial charge in [0.15, 0.2) is 0 Å². The monoisotopic (exact) mass is 296 g/mol. The normalized spacial score (nSPS) is 13.6. The lowest BCUT2D eigenvalue weighted by atomic mass is 9.81. The average Bonchev–Trinajstić information content (AvgIpc) is 2.83. The van der Waals surface area contributed by atoms with Crippen LogP contribution in [0.5, 0.6) is 0 Å². The molecule has 0 radical (unpaired) electrons.